The van der Waals surface area contributed by atoms with Crippen LogP contribution in [0.4, 0.5) is 13.2 Å². The third-order valence-corrected chi connectivity index (χ3v) is 4.27. The van der Waals surface area contributed by atoms with Crippen molar-refractivity contribution in [3.05, 3.63) is 47.0 Å². The van der Waals surface area contributed by atoms with Crippen LogP contribution in [-0.2, 0) is 11.2 Å². The second-order valence-electron chi connectivity index (χ2n) is 6.20. The Kier molecular flexibility index (Phi) is 7.30. The first kappa shape index (κ1) is 20.1. The van der Waals surface area contributed by atoms with E-state index in [0.29, 0.717) is 6.42 Å². The minimum atomic E-state index is -0.950. The molecular formula is C20H24F3NO2. The van der Waals surface area contributed by atoms with Gasteiger partial charge in [-0.3, -0.25) is 0 Å². The molecule has 142 valence electrons. The summed E-state index contributed by atoms with van der Waals surface area (Å²) in [6.45, 7) is 3.79. The van der Waals surface area contributed by atoms with Crippen LogP contribution in [-0.4, -0.2) is 17.6 Å². The number of ether oxygens (including phenoxy) is 1. The zero-order valence-corrected chi connectivity index (χ0v) is 15.1. The Morgan fingerprint density at radius 1 is 1.00 bits per heavy atom. The van der Waals surface area contributed by atoms with Gasteiger partial charge in [0.05, 0.1) is 6.61 Å². The average Bonchev–Trinajstić information content (AvgIpc) is 2.99. The minimum Gasteiger partial charge on any atom is -0.461 e. The molecule has 0 spiro atoms. The number of benzene rings is 1. The highest BCUT2D eigenvalue weighted by Gasteiger charge is 2.22. The summed E-state index contributed by atoms with van der Waals surface area (Å²) >= 11 is 0. The SMILES string of the molecule is CCCCCCCc1cc(F)c(-c2c[nH]c(C(=O)OCC)c2F)cc1F. The van der Waals surface area contributed by atoms with Gasteiger partial charge in [-0.05, 0) is 37.5 Å². The summed E-state index contributed by atoms with van der Waals surface area (Å²) in [6, 6.07) is 2.10. The van der Waals surface area contributed by atoms with Crippen molar-refractivity contribution in [1.82, 2.24) is 4.98 Å². The van der Waals surface area contributed by atoms with E-state index in [1.807, 2.05) is 0 Å². The van der Waals surface area contributed by atoms with Crippen LogP contribution >= 0.6 is 0 Å². The lowest BCUT2D eigenvalue weighted by atomic mass is 10.0. The second-order valence-corrected chi connectivity index (χ2v) is 6.20. The monoisotopic (exact) mass is 367 g/mol. The maximum Gasteiger partial charge on any atom is 0.357 e. The molecule has 26 heavy (non-hydrogen) atoms. The van der Waals surface area contributed by atoms with E-state index in [0.717, 1.165) is 50.4 Å². The van der Waals surface area contributed by atoms with Gasteiger partial charge in [0.2, 0.25) is 0 Å². The van der Waals surface area contributed by atoms with Gasteiger partial charge in [0.1, 0.15) is 11.6 Å². The van der Waals surface area contributed by atoms with Gasteiger partial charge < -0.3 is 9.72 Å². The fourth-order valence-electron chi connectivity index (χ4n) is 2.86. The highest BCUT2D eigenvalue weighted by atomic mass is 19.1. The molecule has 1 aromatic carbocycles. The summed E-state index contributed by atoms with van der Waals surface area (Å²) in [6.07, 6.45) is 6.65. The molecule has 0 amide bonds. The normalized spacial score (nSPS) is 11.0. The molecule has 2 aromatic rings. The largest absolute Gasteiger partial charge is 0.461 e. The molecule has 1 aromatic heterocycles. The highest BCUT2D eigenvalue weighted by molar-refractivity contribution is 5.90. The molecule has 0 bridgehead atoms. The van der Waals surface area contributed by atoms with Crippen LogP contribution in [0.25, 0.3) is 11.1 Å². The van der Waals surface area contributed by atoms with Crippen LogP contribution in [0.2, 0.25) is 0 Å². The van der Waals surface area contributed by atoms with Crippen molar-refractivity contribution in [3.63, 3.8) is 0 Å². The van der Waals surface area contributed by atoms with Crippen molar-refractivity contribution in [2.24, 2.45) is 0 Å². The average molecular weight is 367 g/mol. The molecule has 0 radical (unpaired) electrons. The van der Waals surface area contributed by atoms with Gasteiger partial charge in [-0.2, -0.15) is 0 Å². The summed E-state index contributed by atoms with van der Waals surface area (Å²) in [5.74, 6) is -3.12. The number of hydrogen-bond acceptors (Lipinski definition) is 2. The molecule has 3 nitrogen and oxygen atoms in total. The molecule has 1 heterocycles. The van der Waals surface area contributed by atoms with E-state index in [1.165, 1.54) is 0 Å². The molecule has 0 unspecified atom stereocenters. The molecule has 0 fully saturated rings. The van der Waals surface area contributed by atoms with Crippen molar-refractivity contribution in [2.75, 3.05) is 6.61 Å². The standard InChI is InChI=1S/C20H24F3NO2/c1-3-5-6-7-8-9-13-10-17(22)14(11-16(13)21)15-12-24-19(18(15)23)20(25)26-4-2/h10-12,24H,3-9H2,1-2H3. The summed E-state index contributed by atoms with van der Waals surface area (Å²) in [7, 11) is 0. The minimum absolute atomic E-state index is 0.0859. The first-order valence-corrected chi connectivity index (χ1v) is 9.01. The Labute approximate surface area is 151 Å². The van der Waals surface area contributed by atoms with Crippen LogP contribution in [0.1, 0.15) is 62.0 Å². The maximum atomic E-state index is 14.4. The number of carbonyl (C=O) groups is 1. The van der Waals surface area contributed by atoms with E-state index in [-0.39, 0.29) is 23.3 Å². The summed E-state index contributed by atoms with van der Waals surface area (Å²) in [4.78, 5) is 14.1. The van der Waals surface area contributed by atoms with Crippen LogP contribution in [0.5, 0.6) is 0 Å². The first-order chi connectivity index (χ1) is 12.5. The van der Waals surface area contributed by atoms with Gasteiger partial charge in [0.15, 0.2) is 11.5 Å². The van der Waals surface area contributed by atoms with Crippen LogP contribution in [0, 0.1) is 17.5 Å². The molecule has 0 atom stereocenters. The molecule has 0 saturated carbocycles. The zero-order chi connectivity index (χ0) is 19.1. The van der Waals surface area contributed by atoms with E-state index in [9.17, 15) is 18.0 Å². The summed E-state index contributed by atoms with van der Waals surface area (Å²) in [5, 5.41) is 0. The van der Waals surface area contributed by atoms with Gasteiger partial charge in [0, 0.05) is 17.3 Å². The van der Waals surface area contributed by atoms with Gasteiger partial charge in [-0.15, -0.1) is 0 Å². The Balaban J connectivity index is 2.19. The Morgan fingerprint density at radius 3 is 2.42 bits per heavy atom. The van der Waals surface area contributed by atoms with Gasteiger partial charge in [-0.1, -0.05) is 32.6 Å². The van der Waals surface area contributed by atoms with Crippen molar-refractivity contribution >= 4 is 5.97 Å². The lowest BCUT2D eigenvalue weighted by Crippen LogP contribution is -2.07. The molecule has 0 aliphatic rings. The third-order valence-electron chi connectivity index (χ3n) is 4.27. The number of carbonyl (C=O) groups excluding carboxylic acids is 1. The number of aromatic amines is 1. The van der Waals surface area contributed by atoms with Crippen LogP contribution < -0.4 is 0 Å². The number of rotatable bonds is 9. The number of aryl methyl sites for hydroxylation is 1. The second kappa shape index (κ2) is 9.46. The van der Waals surface area contributed by atoms with Crippen LogP contribution in [0.15, 0.2) is 18.3 Å². The number of esters is 1. The number of hydrogen-bond donors (Lipinski definition) is 1. The van der Waals surface area contributed by atoms with E-state index in [1.54, 1.807) is 6.92 Å². The summed E-state index contributed by atoms with van der Waals surface area (Å²) in [5.41, 5.74) is -0.536. The molecule has 0 aliphatic heterocycles. The number of nitrogens with one attached hydrogen (secondary N) is 1. The fraction of sp³-hybridized carbons (Fsp3) is 0.450. The third kappa shape index (κ3) is 4.68. The smallest absolute Gasteiger partial charge is 0.357 e. The maximum absolute atomic E-state index is 14.4. The number of unbranched alkanes of at least 4 members (excludes halogenated alkanes) is 4. The number of halogens is 3. The molecule has 0 aliphatic carbocycles. The summed E-state index contributed by atoms with van der Waals surface area (Å²) < 4.78 is 47.9. The number of H-pyrrole nitrogens is 1. The molecule has 6 heteroatoms. The van der Waals surface area contributed by atoms with Crippen molar-refractivity contribution < 1.29 is 22.7 Å². The number of aromatic nitrogens is 1. The molecule has 1 N–H and O–H groups in total. The van der Waals surface area contributed by atoms with Gasteiger partial charge in [0.25, 0.3) is 0 Å². The van der Waals surface area contributed by atoms with Crippen molar-refractivity contribution in [1.29, 1.82) is 0 Å². The van der Waals surface area contributed by atoms with E-state index in [2.05, 4.69) is 11.9 Å². The van der Waals surface area contributed by atoms with Gasteiger partial charge >= 0.3 is 5.97 Å². The fourth-order valence-corrected chi connectivity index (χ4v) is 2.86. The van der Waals surface area contributed by atoms with E-state index >= 15 is 0 Å². The Hall–Kier alpha value is -2.24. The molecule has 2 rings (SSSR count). The van der Waals surface area contributed by atoms with Crippen LogP contribution in [0.3, 0.4) is 0 Å². The predicted molar refractivity (Wildman–Crippen MR) is 94.5 cm³/mol. The lowest BCUT2D eigenvalue weighted by Gasteiger charge is -2.08. The highest BCUT2D eigenvalue weighted by Crippen LogP contribution is 2.30. The quantitative estimate of drug-likeness (QED) is 0.450. The van der Waals surface area contributed by atoms with Crippen molar-refractivity contribution in [2.45, 2.75) is 52.4 Å². The van der Waals surface area contributed by atoms with E-state index < -0.39 is 29.1 Å². The first-order valence-electron chi connectivity index (χ1n) is 9.01. The Bertz CT molecular complexity index is 756. The lowest BCUT2D eigenvalue weighted by molar-refractivity contribution is 0.0515. The zero-order valence-electron chi connectivity index (χ0n) is 15.1. The van der Waals surface area contributed by atoms with Gasteiger partial charge in [-0.25, -0.2) is 18.0 Å². The predicted octanol–water partition coefficient (Wildman–Crippen LogP) is 5.79. The molecule has 0 saturated heterocycles. The Morgan fingerprint density at radius 2 is 1.73 bits per heavy atom. The molecular weight excluding hydrogens is 343 g/mol. The topological polar surface area (TPSA) is 42.1 Å². The van der Waals surface area contributed by atoms with E-state index in [4.69, 9.17) is 4.74 Å². The van der Waals surface area contributed by atoms with Crippen molar-refractivity contribution in [3.8, 4) is 11.1 Å².